The van der Waals surface area contributed by atoms with Crippen LogP contribution in [0, 0.1) is 0 Å². The van der Waals surface area contributed by atoms with Gasteiger partial charge in [-0.3, -0.25) is 0 Å². The minimum atomic E-state index is -0.878. The van der Waals surface area contributed by atoms with Crippen LogP contribution >= 0.6 is 11.8 Å². The highest BCUT2D eigenvalue weighted by Gasteiger charge is 2.27. The molecule has 0 aromatic carbocycles. The Hall–Kier alpha value is 0.270. The first-order chi connectivity index (χ1) is 4.10. The van der Waals surface area contributed by atoms with E-state index in [2.05, 4.69) is 6.92 Å². The fraction of sp³-hybridized carbons (Fsp3) is 1.00. The van der Waals surface area contributed by atoms with Crippen molar-refractivity contribution in [3.63, 3.8) is 0 Å². The highest BCUT2D eigenvalue weighted by atomic mass is 32.2. The average molecular weight is 148 g/mol. The van der Waals surface area contributed by atoms with Crippen LogP contribution in [0.25, 0.3) is 0 Å². The van der Waals surface area contributed by atoms with Crippen molar-refractivity contribution in [3.8, 4) is 0 Å². The Labute approximate surface area is 59.6 Å². The molecule has 1 fully saturated rings. The zero-order chi connectivity index (χ0) is 6.91. The van der Waals surface area contributed by atoms with Crippen molar-refractivity contribution >= 4 is 11.8 Å². The third-order valence-electron chi connectivity index (χ3n) is 1.26. The Kier molecular flexibility index (Phi) is 2.03. The maximum absolute atomic E-state index is 9.25. The van der Waals surface area contributed by atoms with Gasteiger partial charge in [0.15, 0.2) is 5.79 Å². The molecule has 0 spiro atoms. The van der Waals surface area contributed by atoms with Crippen LogP contribution in [0.4, 0.5) is 0 Å². The highest BCUT2D eigenvalue weighted by Crippen LogP contribution is 2.25. The molecule has 0 aromatic rings. The van der Waals surface area contributed by atoms with Gasteiger partial charge < -0.3 is 9.84 Å². The summed E-state index contributed by atoms with van der Waals surface area (Å²) in [5.41, 5.74) is 0. The van der Waals surface area contributed by atoms with Crippen molar-refractivity contribution in [2.45, 2.75) is 24.9 Å². The second-order valence-corrected chi connectivity index (χ2v) is 4.03. The van der Waals surface area contributed by atoms with E-state index >= 15 is 0 Å². The lowest BCUT2D eigenvalue weighted by molar-refractivity contribution is -0.175. The summed E-state index contributed by atoms with van der Waals surface area (Å²) in [4.78, 5) is 0. The summed E-state index contributed by atoms with van der Waals surface area (Å²) >= 11 is 1.75. The van der Waals surface area contributed by atoms with E-state index < -0.39 is 5.79 Å². The molecule has 0 radical (unpaired) electrons. The maximum Gasteiger partial charge on any atom is 0.171 e. The quantitative estimate of drug-likeness (QED) is 0.552. The predicted octanol–water partition coefficient (Wildman–Crippen LogP) is 0.847. The van der Waals surface area contributed by atoms with E-state index in [0.717, 1.165) is 0 Å². The normalized spacial score (nSPS) is 45.0. The summed E-state index contributed by atoms with van der Waals surface area (Å²) in [5.74, 6) is -0.189. The zero-order valence-corrected chi connectivity index (χ0v) is 6.57. The van der Waals surface area contributed by atoms with Crippen LogP contribution in [0.15, 0.2) is 0 Å². The Morgan fingerprint density at radius 2 is 2.44 bits per heavy atom. The van der Waals surface area contributed by atoms with Crippen molar-refractivity contribution in [3.05, 3.63) is 0 Å². The zero-order valence-electron chi connectivity index (χ0n) is 5.76. The molecule has 1 aliphatic rings. The molecule has 0 aromatic heterocycles. The van der Waals surface area contributed by atoms with Crippen molar-refractivity contribution in [1.29, 1.82) is 0 Å². The predicted molar refractivity (Wildman–Crippen MR) is 38.5 cm³/mol. The van der Waals surface area contributed by atoms with Crippen molar-refractivity contribution < 1.29 is 9.84 Å². The van der Waals surface area contributed by atoms with Crippen LogP contribution in [0.5, 0.6) is 0 Å². The lowest BCUT2D eigenvalue weighted by Gasteiger charge is -2.31. The van der Waals surface area contributed by atoms with E-state index in [0.29, 0.717) is 17.6 Å². The molecule has 0 aliphatic carbocycles. The molecule has 54 valence electrons. The van der Waals surface area contributed by atoms with Crippen LogP contribution in [-0.2, 0) is 4.74 Å². The topological polar surface area (TPSA) is 29.5 Å². The van der Waals surface area contributed by atoms with Crippen LogP contribution in [0.1, 0.15) is 13.8 Å². The first-order valence-corrected chi connectivity index (χ1v) is 4.13. The maximum atomic E-state index is 9.25. The Balaban J connectivity index is 2.35. The van der Waals surface area contributed by atoms with Crippen LogP contribution in [0.3, 0.4) is 0 Å². The Morgan fingerprint density at radius 3 is 2.78 bits per heavy atom. The lowest BCUT2D eigenvalue weighted by atomic mass is 10.4. The smallest absolute Gasteiger partial charge is 0.171 e. The van der Waals surface area contributed by atoms with Crippen LogP contribution < -0.4 is 0 Å². The number of rotatable bonds is 0. The van der Waals surface area contributed by atoms with Gasteiger partial charge in [0.2, 0.25) is 0 Å². The monoisotopic (exact) mass is 148 g/mol. The average Bonchev–Trinajstić information content (AvgIpc) is 1.78. The molecule has 1 heterocycles. The first kappa shape index (κ1) is 7.38. The molecule has 1 rings (SSSR count). The summed E-state index contributed by atoms with van der Waals surface area (Å²) < 4.78 is 5.11. The molecular weight excluding hydrogens is 136 g/mol. The van der Waals surface area contributed by atoms with Gasteiger partial charge in [-0.1, -0.05) is 6.92 Å². The molecule has 1 N–H and O–H groups in total. The van der Waals surface area contributed by atoms with E-state index in [-0.39, 0.29) is 0 Å². The molecule has 0 amide bonds. The molecule has 9 heavy (non-hydrogen) atoms. The number of hydrogen-bond acceptors (Lipinski definition) is 3. The van der Waals surface area contributed by atoms with Crippen molar-refractivity contribution in [2.24, 2.45) is 0 Å². The summed E-state index contributed by atoms with van der Waals surface area (Å²) in [6.45, 7) is 4.46. The minimum absolute atomic E-state index is 0.533. The molecule has 3 heteroatoms. The van der Waals surface area contributed by atoms with E-state index in [4.69, 9.17) is 4.74 Å². The second-order valence-electron chi connectivity index (χ2n) is 2.61. The van der Waals surface area contributed by atoms with Gasteiger partial charge in [-0.05, 0) is 6.92 Å². The summed E-state index contributed by atoms with van der Waals surface area (Å²) in [6, 6.07) is 0. The third kappa shape index (κ3) is 2.16. The summed E-state index contributed by atoms with van der Waals surface area (Å²) in [5, 5.41) is 9.78. The van der Waals surface area contributed by atoms with Gasteiger partial charge in [0, 0.05) is 11.0 Å². The number of hydrogen-bond donors (Lipinski definition) is 1. The Bertz CT molecular complexity index is 93.2. The van der Waals surface area contributed by atoms with Gasteiger partial charge >= 0.3 is 0 Å². The van der Waals surface area contributed by atoms with E-state index in [1.807, 2.05) is 0 Å². The standard InChI is InChI=1S/C6H12O2S/c1-5-3-8-6(2,7)4-9-5/h5,7H,3-4H2,1-2H3. The van der Waals surface area contributed by atoms with E-state index in [1.165, 1.54) is 0 Å². The molecule has 1 aliphatic heterocycles. The summed E-state index contributed by atoms with van der Waals surface area (Å²) in [7, 11) is 0. The SMILES string of the molecule is CC1COC(C)(O)CS1. The highest BCUT2D eigenvalue weighted by molar-refractivity contribution is 8.00. The minimum Gasteiger partial charge on any atom is -0.365 e. The van der Waals surface area contributed by atoms with Gasteiger partial charge in [-0.15, -0.1) is 0 Å². The third-order valence-corrected chi connectivity index (χ3v) is 2.67. The van der Waals surface area contributed by atoms with Crippen molar-refractivity contribution in [2.75, 3.05) is 12.4 Å². The van der Waals surface area contributed by atoms with Gasteiger partial charge in [0.1, 0.15) is 0 Å². The van der Waals surface area contributed by atoms with Gasteiger partial charge in [-0.2, -0.15) is 11.8 Å². The van der Waals surface area contributed by atoms with Gasteiger partial charge in [0.25, 0.3) is 0 Å². The molecule has 0 bridgehead atoms. The van der Waals surface area contributed by atoms with Crippen LogP contribution in [0.2, 0.25) is 0 Å². The summed E-state index contributed by atoms with van der Waals surface area (Å²) in [6.07, 6.45) is 0. The molecule has 0 saturated carbocycles. The largest absolute Gasteiger partial charge is 0.365 e. The number of ether oxygens (including phenoxy) is 1. The number of thioether (sulfide) groups is 1. The first-order valence-electron chi connectivity index (χ1n) is 3.08. The lowest BCUT2D eigenvalue weighted by Crippen LogP contribution is -2.38. The molecule has 2 nitrogen and oxygen atoms in total. The molecule has 2 unspecified atom stereocenters. The van der Waals surface area contributed by atoms with Crippen LogP contribution in [-0.4, -0.2) is 28.5 Å². The number of aliphatic hydroxyl groups is 1. The van der Waals surface area contributed by atoms with Gasteiger partial charge in [-0.25, -0.2) is 0 Å². The van der Waals surface area contributed by atoms with Crippen molar-refractivity contribution in [1.82, 2.24) is 0 Å². The second kappa shape index (κ2) is 2.48. The Morgan fingerprint density at radius 1 is 1.78 bits per heavy atom. The fourth-order valence-corrected chi connectivity index (χ4v) is 1.52. The molecule has 2 atom stereocenters. The molecule has 1 saturated heterocycles. The van der Waals surface area contributed by atoms with E-state index in [1.54, 1.807) is 18.7 Å². The fourth-order valence-electron chi connectivity index (χ4n) is 0.684. The van der Waals surface area contributed by atoms with E-state index in [9.17, 15) is 5.11 Å². The van der Waals surface area contributed by atoms with Gasteiger partial charge in [0.05, 0.1) is 6.61 Å². The molecular formula is C6H12O2S.